The zero-order valence-electron chi connectivity index (χ0n) is 13.5. The van der Waals surface area contributed by atoms with Gasteiger partial charge in [0.25, 0.3) is 5.91 Å². The van der Waals surface area contributed by atoms with E-state index < -0.39 is 17.5 Å². The Morgan fingerprint density at radius 3 is 2.42 bits per heavy atom. The summed E-state index contributed by atoms with van der Waals surface area (Å²) in [6, 6.07) is 9.73. The summed E-state index contributed by atoms with van der Waals surface area (Å²) >= 11 is 5.90. The molecule has 6 heteroatoms. The second-order valence-electron chi connectivity index (χ2n) is 5.79. The highest BCUT2D eigenvalue weighted by atomic mass is 35.5. The largest absolute Gasteiger partial charge is 0.345 e. The maximum Gasteiger partial charge on any atom is 0.254 e. The summed E-state index contributed by atoms with van der Waals surface area (Å²) in [5.41, 5.74) is 0.692. The average Bonchev–Trinajstić information content (AvgIpc) is 2.52. The third kappa shape index (κ3) is 5.01. The molecule has 2 aromatic carbocycles. The molecule has 0 aromatic heterocycles. The summed E-state index contributed by atoms with van der Waals surface area (Å²) in [5.74, 6) is -2.17. The first-order valence-corrected chi connectivity index (χ1v) is 7.90. The van der Waals surface area contributed by atoms with Crippen LogP contribution in [0.3, 0.4) is 0 Å². The lowest BCUT2D eigenvalue weighted by Gasteiger charge is -2.21. The predicted molar refractivity (Wildman–Crippen MR) is 91.2 cm³/mol. The zero-order chi connectivity index (χ0) is 17.7. The summed E-state index contributed by atoms with van der Waals surface area (Å²) in [6.07, 6.45) is 0.642. The van der Waals surface area contributed by atoms with Crippen LogP contribution >= 0.6 is 11.6 Å². The molecule has 1 amide bonds. The van der Waals surface area contributed by atoms with Crippen LogP contribution in [0.5, 0.6) is 0 Å². The molecule has 3 nitrogen and oxygen atoms in total. The Balaban J connectivity index is 2.20. The van der Waals surface area contributed by atoms with Gasteiger partial charge in [-0.05, 0) is 56.9 Å². The molecule has 0 saturated heterocycles. The third-order valence-electron chi connectivity index (χ3n) is 3.62. The molecule has 0 heterocycles. The van der Waals surface area contributed by atoms with Gasteiger partial charge in [-0.3, -0.25) is 4.79 Å². The molecule has 2 aromatic rings. The Morgan fingerprint density at radius 2 is 1.83 bits per heavy atom. The summed E-state index contributed by atoms with van der Waals surface area (Å²) < 4.78 is 26.8. The number of carbonyl (C=O) groups is 1. The van der Waals surface area contributed by atoms with Crippen molar-refractivity contribution in [1.82, 2.24) is 10.2 Å². The van der Waals surface area contributed by atoms with Gasteiger partial charge in [0.1, 0.15) is 11.6 Å². The number of amides is 1. The van der Waals surface area contributed by atoms with Crippen molar-refractivity contribution < 1.29 is 13.6 Å². The number of carbonyl (C=O) groups excluding carboxylic acids is 1. The number of halogens is 3. The van der Waals surface area contributed by atoms with Gasteiger partial charge in [0.05, 0.1) is 11.6 Å². The minimum absolute atomic E-state index is 0.180. The maximum atomic E-state index is 13.8. The van der Waals surface area contributed by atoms with Crippen molar-refractivity contribution in [2.45, 2.75) is 12.5 Å². The molecule has 0 fully saturated rings. The molecule has 0 spiro atoms. The normalized spacial score (nSPS) is 12.2. The minimum Gasteiger partial charge on any atom is -0.345 e. The molecule has 1 atom stereocenters. The molecular formula is C18H19ClF2N2O. The molecule has 1 unspecified atom stereocenters. The molecule has 0 aliphatic rings. The standard InChI is InChI=1S/C18H19ClF2N2O/c1-23(2)10-9-17(12-3-5-13(19)6-4-12)22-18(24)15-8-7-14(20)11-16(15)21/h3-8,11,17H,9-10H2,1-2H3,(H,22,24). The number of nitrogens with zero attached hydrogens (tertiary/aromatic N) is 1. The van der Waals surface area contributed by atoms with Crippen molar-refractivity contribution in [2.24, 2.45) is 0 Å². The molecule has 1 N–H and O–H groups in total. The summed E-state index contributed by atoms with van der Waals surface area (Å²) in [7, 11) is 3.86. The van der Waals surface area contributed by atoms with Crippen molar-refractivity contribution in [3.8, 4) is 0 Å². The Bertz CT molecular complexity index is 705. The van der Waals surface area contributed by atoms with Crippen molar-refractivity contribution in [2.75, 3.05) is 20.6 Å². The first kappa shape index (κ1) is 18.4. The number of hydrogen-bond acceptors (Lipinski definition) is 2. The van der Waals surface area contributed by atoms with Crippen LogP contribution in [0.2, 0.25) is 5.02 Å². The van der Waals surface area contributed by atoms with E-state index >= 15 is 0 Å². The highest BCUT2D eigenvalue weighted by Gasteiger charge is 2.19. The van der Waals surface area contributed by atoms with Crippen LogP contribution in [0.25, 0.3) is 0 Å². The number of nitrogens with one attached hydrogen (secondary N) is 1. The van der Waals surface area contributed by atoms with E-state index in [1.807, 2.05) is 31.1 Å². The molecule has 2 rings (SSSR count). The average molecular weight is 353 g/mol. The van der Waals surface area contributed by atoms with Gasteiger partial charge >= 0.3 is 0 Å². The van der Waals surface area contributed by atoms with Crippen LogP contribution in [0.4, 0.5) is 8.78 Å². The number of hydrogen-bond donors (Lipinski definition) is 1. The van der Waals surface area contributed by atoms with Gasteiger partial charge in [-0.25, -0.2) is 8.78 Å². The summed E-state index contributed by atoms with van der Waals surface area (Å²) in [6.45, 7) is 0.736. The number of rotatable bonds is 6. The lowest BCUT2D eigenvalue weighted by Crippen LogP contribution is -2.31. The fraction of sp³-hybridized carbons (Fsp3) is 0.278. The Kier molecular flexibility index (Phi) is 6.29. The number of benzene rings is 2. The van der Waals surface area contributed by atoms with Crippen LogP contribution in [-0.4, -0.2) is 31.4 Å². The fourth-order valence-corrected chi connectivity index (χ4v) is 2.44. The third-order valence-corrected chi connectivity index (χ3v) is 3.87. The first-order chi connectivity index (χ1) is 11.4. The minimum atomic E-state index is -0.880. The second-order valence-corrected chi connectivity index (χ2v) is 6.23. The summed E-state index contributed by atoms with van der Waals surface area (Å²) in [5, 5.41) is 3.41. The molecule has 0 saturated carbocycles. The quantitative estimate of drug-likeness (QED) is 0.851. The fourth-order valence-electron chi connectivity index (χ4n) is 2.31. The highest BCUT2D eigenvalue weighted by Crippen LogP contribution is 2.21. The van der Waals surface area contributed by atoms with E-state index in [-0.39, 0.29) is 11.6 Å². The van der Waals surface area contributed by atoms with E-state index in [1.165, 1.54) is 0 Å². The highest BCUT2D eigenvalue weighted by molar-refractivity contribution is 6.30. The van der Waals surface area contributed by atoms with Gasteiger partial charge in [-0.1, -0.05) is 23.7 Å². The van der Waals surface area contributed by atoms with Gasteiger partial charge in [-0.15, -0.1) is 0 Å². The van der Waals surface area contributed by atoms with Gasteiger partial charge in [0.15, 0.2) is 0 Å². The molecule has 0 aliphatic heterocycles. The first-order valence-electron chi connectivity index (χ1n) is 7.53. The SMILES string of the molecule is CN(C)CCC(NC(=O)c1ccc(F)cc1F)c1ccc(Cl)cc1. The Labute approximate surface area is 145 Å². The van der Waals surface area contributed by atoms with Crippen molar-refractivity contribution in [3.05, 3.63) is 70.2 Å². The van der Waals surface area contributed by atoms with Gasteiger partial charge in [-0.2, -0.15) is 0 Å². The van der Waals surface area contributed by atoms with Crippen LogP contribution in [-0.2, 0) is 0 Å². The van der Waals surface area contributed by atoms with Crippen LogP contribution in [0.1, 0.15) is 28.4 Å². The van der Waals surface area contributed by atoms with E-state index in [1.54, 1.807) is 12.1 Å². The molecule has 0 aliphatic carbocycles. The van der Waals surface area contributed by atoms with Gasteiger partial charge < -0.3 is 10.2 Å². The van der Waals surface area contributed by atoms with E-state index in [4.69, 9.17) is 11.6 Å². The summed E-state index contributed by atoms with van der Waals surface area (Å²) in [4.78, 5) is 14.4. The predicted octanol–water partition coefficient (Wildman–Crippen LogP) is 4.04. The molecule has 0 bridgehead atoms. The molecule has 24 heavy (non-hydrogen) atoms. The lowest BCUT2D eigenvalue weighted by atomic mass is 10.0. The van der Waals surface area contributed by atoms with Crippen LogP contribution < -0.4 is 5.32 Å². The second kappa shape index (κ2) is 8.22. The zero-order valence-corrected chi connectivity index (χ0v) is 14.3. The molecule has 128 valence electrons. The monoisotopic (exact) mass is 352 g/mol. The molecule has 0 radical (unpaired) electrons. The van der Waals surface area contributed by atoms with E-state index in [9.17, 15) is 13.6 Å². The maximum absolute atomic E-state index is 13.8. The Hall–Kier alpha value is -1.98. The lowest BCUT2D eigenvalue weighted by molar-refractivity contribution is 0.0928. The molecular weight excluding hydrogens is 334 g/mol. The van der Waals surface area contributed by atoms with Crippen molar-refractivity contribution in [1.29, 1.82) is 0 Å². The van der Waals surface area contributed by atoms with Crippen molar-refractivity contribution >= 4 is 17.5 Å². The van der Waals surface area contributed by atoms with Crippen LogP contribution in [0, 0.1) is 11.6 Å². The van der Waals surface area contributed by atoms with E-state index in [0.717, 1.165) is 24.2 Å². The van der Waals surface area contributed by atoms with Crippen molar-refractivity contribution in [3.63, 3.8) is 0 Å². The van der Waals surface area contributed by atoms with E-state index in [0.29, 0.717) is 17.5 Å². The van der Waals surface area contributed by atoms with Crippen LogP contribution in [0.15, 0.2) is 42.5 Å². The van der Waals surface area contributed by atoms with E-state index in [2.05, 4.69) is 5.32 Å². The topological polar surface area (TPSA) is 32.3 Å². The smallest absolute Gasteiger partial charge is 0.254 e. The van der Waals surface area contributed by atoms with Gasteiger partial charge in [0.2, 0.25) is 0 Å². The van der Waals surface area contributed by atoms with Gasteiger partial charge in [0, 0.05) is 11.1 Å². The Morgan fingerprint density at radius 1 is 1.17 bits per heavy atom.